The van der Waals surface area contributed by atoms with Gasteiger partial charge in [0.1, 0.15) is 11.5 Å². The first-order valence-electron chi connectivity index (χ1n) is 9.67. The van der Waals surface area contributed by atoms with Gasteiger partial charge in [0.2, 0.25) is 0 Å². The van der Waals surface area contributed by atoms with E-state index in [9.17, 15) is 8.78 Å². The summed E-state index contributed by atoms with van der Waals surface area (Å²) < 4.78 is 37.9. The van der Waals surface area contributed by atoms with Crippen LogP contribution in [0, 0.1) is 11.6 Å². The molecule has 2 aromatic rings. The van der Waals surface area contributed by atoms with Gasteiger partial charge >= 0.3 is 0 Å². The number of ether oxygens (including phenoxy) is 2. The second kappa shape index (κ2) is 11.3. The lowest BCUT2D eigenvalue weighted by atomic mass is 9.98. The Morgan fingerprint density at radius 1 is 1.17 bits per heavy atom. The molecule has 2 aromatic carbocycles. The van der Waals surface area contributed by atoms with Crippen LogP contribution in [0.4, 0.5) is 8.78 Å². The van der Waals surface area contributed by atoms with Crippen molar-refractivity contribution in [2.24, 2.45) is 4.99 Å². The number of benzene rings is 2. The number of rotatable bonds is 6. The molecule has 1 fully saturated rings. The number of halogens is 3. The topological polar surface area (TPSA) is 46.1 Å². The van der Waals surface area contributed by atoms with Gasteiger partial charge in [0.15, 0.2) is 17.6 Å². The van der Waals surface area contributed by atoms with Crippen LogP contribution in [0.2, 0.25) is 0 Å². The Bertz CT molecular complexity index is 857. The van der Waals surface area contributed by atoms with Crippen LogP contribution >= 0.6 is 24.0 Å². The predicted octanol–water partition coefficient (Wildman–Crippen LogP) is 4.21. The maximum atomic E-state index is 13.8. The number of nitrogens with zero attached hydrogens (tertiary/aromatic N) is 2. The second-order valence-corrected chi connectivity index (χ2v) is 7.01. The van der Waals surface area contributed by atoms with E-state index in [1.807, 2.05) is 18.2 Å². The molecular formula is C22H28F2IN3O2. The number of guanidine groups is 1. The molecule has 0 spiro atoms. The summed E-state index contributed by atoms with van der Waals surface area (Å²) in [5.74, 6) is 1.05. The molecule has 8 heteroatoms. The maximum absolute atomic E-state index is 13.8. The van der Waals surface area contributed by atoms with Crippen molar-refractivity contribution in [3.63, 3.8) is 0 Å². The monoisotopic (exact) mass is 531 g/mol. The van der Waals surface area contributed by atoms with Crippen LogP contribution in [0.5, 0.6) is 11.5 Å². The predicted molar refractivity (Wildman–Crippen MR) is 125 cm³/mol. The average Bonchev–Trinajstić information content (AvgIpc) is 3.23. The molecule has 1 heterocycles. The van der Waals surface area contributed by atoms with E-state index in [2.05, 4.69) is 15.2 Å². The third-order valence-electron chi connectivity index (χ3n) is 5.25. The fourth-order valence-electron chi connectivity index (χ4n) is 3.67. The summed E-state index contributed by atoms with van der Waals surface area (Å²) in [6.07, 6.45) is 1.36. The van der Waals surface area contributed by atoms with Crippen molar-refractivity contribution in [1.29, 1.82) is 0 Å². The molecule has 0 radical (unpaired) electrons. The molecule has 30 heavy (non-hydrogen) atoms. The van der Waals surface area contributed by atoms with Gasteiger partial charge in [0.05, 0.1) is 14.2 Å². The molecule has 1 atom stereocenters. The molecule has 1 N–H and O–H groups in total. The zero-order chi connectivity index (χ0) is 20.8. The van der Waals surface area contributed by atoms with Crippen LogP contribution < -0.4 is 14.8 Å². The van der Waals surface area contributed by atoms with Crippen molar-refractivity contribution in [3.05, 3.63) is 59.2 Å². The number of nitrogens with one attached hydrogen (secondary N) is 1. The van der Waals surface area contributed by atoms with E-state index in [0.717, 1.165) is 43.0 Å². The van der Waals surface area contributed by atoms with Gasteiger partial charge in [-0.25, -0.2) is 8.78 Å². The summed E-state index contributed by atoms with van der Waals surface area (Å²) >= 11 is 0. The minimum atomic E-state index is -0.817. The summed E-state index contributed by atoms with van der Waals surface area (Å²) in [6, 6.07) is 10.2. The highest BCUT2D eigenvalue weighted by atomic mass is 127. The third-order valence-corrected chi connectivity index (χ3v) is 5.25. The lowest BCUT2D eigenvalue weighted by Crippen LogP contribution is -2.40. The summed E-state index contributed by atoms with van der Waals surface area (Å²) in [6.45, 7) is 2.14. The summed E-state index contributed by atoms with van der Waals surface area (Å²) in [7, 11) is 5.02. The molecule has 1 aliphatic rings. The SMILES string of the molecule is CN=C(NCCc1cccc(F)c1F)N1CCC(c2cc(OC)cc(OC)c2)C1.I. The Balaban J connectivity index is 0.00000320. The fourth-order valence-corrected chi connectivity index (χ4v) is 3.67. The van der Waals surface area contributed by atoms with E-state index in [0.29, 0.717) is 24.4 Å². The first-order chi connectivity index (χ1) is 14.0. The highest BCUT2D eigenvalue weighted by molar-refractivity contribution is 14.0. The number of likely N-dealkylation sites (tertiary alicyclic amines) is 1. The highest BCUT2D eigenvalue weighted by Gasteiger charge is 2.27. The highest BCUT2D eigenvalue weighted by Crippen LogP contribution is 2.32. The van der Waals surface area contributed by atoms with Crippen molar-refractivity contribution < 1.29 is 18.3 Å². The van der Waals surface area contributed by atoms with Crippen LogP contribution in [0.15, 0.2) is 41.4 Å². The van der Waals surface area contributed by atoms with Crippen LogP contribution in [-0.4, -0.2) is 51.8 Å². The Kier molecular flexibility index (Phi) is 9.13. The first kappa shape index (κ1) is 24.2. The maximum Gasteiger partial charge on any atom is 0.193 e. The van der Waals surface area contributed by atoms with E-state index in [1.165, 1.54) is 11.6 Å². The van der Waals surface area contributed by atoms with E-state index >= 15 is 0 Å². The van der Waals surface area contributed by atoms with Crippen LogP contribution in [-0.2, 0) is 6.42 Å². The molecule has 3 rings (SSSR count). The Hall–Kier alpha value is -2.10. The Labute approximate surface area is 193 Å². The largest absolute Gasteiger partial charge is 0.497 e. The van der Waals surface area contributed by atoms with E-state index < -0.39 is 11.6 Å². The van der Waals surface area contributed by atoms with Gasteiger partial charge in [-0.2, -0.15) is 0 Å². The minimum absolute atomic E-state index is 0. The molecule has 5 nitrogen and oxygen atoms in total. The summed E-state index contributed by atoms with van der Waals surface area (Å²) in [4.78, 5) is 6.53. The fraction of sp³-hybridized carbons (Fsp3) is 0.409. The van der Waals surface area contributed by atoms with Gasteiger partial charge in [-0.3, -0.25) is 4.99 Å². The second-order valence-electron chi connectivity index (χ2n) is 7.01. The van der Waals surface area contributed by atoms with Crippen molar-refractivity contribution in [2.75, 3.05) is 40.9 Å². The third kappa shape index (κ3) is 5.74. The Morgan fingerprint density at radius 3 is 2.50 bits per heavy atom. The smallest absolute Gasteiger partial charge is 0.193 e. The number of aliphatic imine (C=N–C) groups is 1. The average molecular weight is 531 g/mol. The standard InChI is InChI=1S/C22H27F2N3O2.HI/c1-25-22(26-9-7-15-5-4-6-20(23)21(15)24)27-10-8-16(14-27)17-11-18(28-2)13-19(12-17)29-3;/h4-6,11-13,16H,7-10,14H2,1-3H3,(H,25,26);1H. The molecule has 164 valence electrons. The molecule has 0 saturated carbocycles. The molecule has 1 unspecified atom stereocenters. The van der Waals surface area contributed by atoms with Crippen molar-refractivity contribution in [3.8, 4) is 11.5 Å². The minimum Gasteiger partial charge on any atom is -0.497 e. The molecule has 0 amide bonds. The van der Waals surface area contributed by atoms with Gasteiger partial charge in [0, 0.05) is 38.7 Å². The van der Waals surface area contributed by atoms with Gasteiger partial charge in [-0.15, -0.1) is 24.0 Å². The van der Waals surface area contributed by atoms with Gasteiger partial charge in [-0.1, -0.05) is 12.1 Å². The van der Waals surface area contributed by atoms with Crippen molar-refractivity contribution >= 4 is 29.9 Å². The number of hydrogen-bond acceptors (Lipinski definition) is 3. The normalized spacial score (nSPS) is 16.2. The van der Waals surface area contributed by atoms with E-state index in [-0.39, 0.29) is 24.0 Å². The molecule has 0 aromatic heterocycles. The van der Waals surface area contributed by atoms with Crippen LogP contribution in [0.3, 0.4) is 0 Å². The van der Waals surface area contributed by atoms with Gasteiger partial charge < -0.3 is 19.7 Å². The van der Waals surface area contributed by atoms with E-state index in [1.54, 1.807) is 27.3 Å². The van der Waals surface area contributed by atoms with Crippen molar-refractivity contribution in [1.82, 2.24) is 10.2 Å². The molecule has 0 bridgehead atoms. The Morgan fingerprint density at radius 2 is 1.87 bits per heavy atom. The van der Waals surface area contributed by atoms with Crippen LogP contribution in [0.1, 0.15) is 23.5 Å². The zero-order valence-electron chi connectivity index (χ0n) is 17.5. The summed E-state index contributed by atoms with van der Waals surface area (Å²) in [5.41, 5.74) is 1.52. The van der Waals surface area contributed by atoms with Gasteiger partial charge in [0.25, 0.3) is 0 Å². The molecular weight excluding hydrogens is 503 g/mol. The van der Waals surface area contributed by atoms with Crippen molar-refractivity contribution in [2.45, 2.75) is 18.8 Å². The zero-order valence-corrected chi connectivity index (χ0v) is 19.8. The lowest BCUT2D eigenvalue weighted by Gasteiger charge is -2.22. The van der Waals surface area contributed by atoms with Crippen LogP contribution in [0.25, 0.3) is 0 Å². The lowest BCUT2D eigenvalue weighted by molar-refractivity contribution is 0.392. The summed E-state index contributed by atoms with van der Waals surface area (Å²) in [5, 5.41) is 3.26. The number of hydrogen-bond donors (Lipinski definition) is 1. The molecule has 1 saturated heterocycles. The molecule has 0 aliphatic carbocycles. The first-order valence-corrected chi connectivity index (χ1v) is 9.67. The van der Waals surface area contributed by atoms with E-state index in [4.69, 9.17) is 9.47 Å². The molecule has 1 aliphatic heterocycles. The quantitative estimate of drug-likeness (QED) is 0.345. The number of methoxy groups -OCH3 is 2. The van der Waals surface area contributed by atoms with Gasteiger partial charge in [-0.05, 0) is 42.2 Å².